The number of benzene rings is 2. The van der Waals surface area contributed by atoms with Gasteiger partial charge in [0.15, 0.2) is 5.96 Å². The van der Waals surface area contributed by atoms with Crippen LogP contribution in [0.1, 0.15) is 25.3 Å². The second kappa shape index (κ2) is 10.5. The third kappa shape index (κ3) is 6.03. The summed E-state index contributed by atoms with van der Waals surface area (Å²) >= 11 is 0. The van der Waals surface area contributed by atoms with Gasteiger partial charge in [0.1, 0.15) is 5.82 Å². The van der Waals surface area contributed by atoms with E-state index in [0.717, 1.165) is 31.5 Å². The summed E-state index contributed by atoms with van der Waals surface area (Å²) in [6, 6.07) is 14.9. The fourth-order valence-corrected chi connectivity index (χ4v) is 4.93. The number of halogens is 1. The third-order valence-electron chi connectivity index (χ3n) is 5.19. The van der Waals surface area contributed by atoms with Gasteiger partial charge in [-0.25, -0.2) is 17.8 Å². The molecule has 0 spiro atoms. The van der Waals surface area contributed by atoms with Crippen molar-refractivity contribution in [2.75, 3.05) is 26.2 Å². The first-order chi connectivity index (χ1) is 14.5. The van der Waals surface area contributed by atoms with E-state index in [1.807, 2.05) is 13.0 Å². The summed E-state index contributed by atoms with van der Waals surface area (Å²) in [5.74, 6) is 0.830. The van der Waals surface area contributed by atoms with Crippen molar-refractivity contribution in [2.45, 2.75) is 31.2 Å². The van der Waals surface area contributed by atoms with Gasteiger partial charge in [0.2, 0.25) is 10.0 Å². The van der Waals surface area contributed by atoms with Crippen molar-refractivity contribution in [3.63, 3.8) is 0 Å². The van der Waals surface area contributed by atoms with E-state index in [1.165, 1.54) is 12.1 Å². The van der Waals surface area contributed by atoms with Crippen LogP contribution in [-0.2, 0) is 16.6 Å². The largest absolute Gasteiger partial charge is 0.357 e. The van der Waals surface area contributed by atoms with Crippen molar-refractivity contribution in [1.82, 2.24) is 14.9 Å². The number of piperidine rings is 1. The van der Waals surface area contributed by atoms with Gasteiger partial charge in [-0.3, -0.25) is 0 Å². The molecule has 0 bridgehead atoms. The van der Waals surface area contributed by atoms with Crippen LogP contribution in [0.4, 0.5) is 4.39 Å². The Morgan fingerprint density at radius 1 is 1.07 bits per heavy atom. The quantitative estimate of drug-likeness (QED) is 0.521. The van der Waals surface area contributed by atoms with E-state index in [2.05, 4.69) is 15.6 Å². The number of nitrogens with zero attached hydrogens (tertiary/aromatic N) is 2. The molecule has 2 aromatic rings. The molecule has 0 saturated carbocycles. The lowest BCUT2D eigenvalue weighted by Gasteiger charge is -2.31. The highest BCUT2D eigenvalue weighted by atomic mass is 32.2. The Kier molecular flexibility index (Phi) is 7.81. The van der Waals surface area contributed by atoms with Gasteiger partial charge in [-0.15, -0.1) is 0 Å². The molecule has 30 heavy (non-hydrogen) atoms. The van der Waals surface area contributed by atoms with Crippen molar-refractivity contribution in [1.29, 1.82) is 0 Å². The highest BCUT2D eigenvalue weighted by Crippen LogP contribution is 2.23. The Labute approximate surface area is 178 Å². The van der Waals surface area contributed by atoms with Crippen molar-refractivity contribution in [3.8, 4) is 0 Å². The fourth-order valence-electron chi connectivity index (χ4n) is 3.44. The summed E-state index contributed by atoms with van der Waals surface area (Å²) in [5, 5.41) is 6.57. The monoisotopic (exact) mass is 432 g/mol. The summed E-state index contributed by atoms with van der Waals surface area (Å²) in [7, 11) is -3.42. The van der Waals surface area contributed by atoms with Crippen molar-refractivity contribution in [2.24, 2.45) is 10.9 Å². The predicted molar refractivity (Wildman–Crippen MR) is 117 cm³/mol. The Hall–Kier alpha value is -2.45. The van der Waals surface area contributed by atoms with Gasteiger partial charge in [-0.2, -0.15) is 4.31 Å². The van der Waals surface area contributed by atoms with Crippen LogP contribution in [0.5, 0.6) is 0 Å². The molecule has 8 heteroatoms. The van der Waals surface area contributed by atoms with Gasteiger partial charge in [0.05, 0.1) is 11.4 Å². The van der Waals surface area contributed by atoms with Crippen molar-refractivity contribution in [3.05, 3.63) is 66.0 Å². The van der Waals surface area contributed by atoms with E-state index >= 15 is 0 Å². The molecule has 0 aromatic heterocycles. The minimum atomic E-state index is -3.42. The molecule has 3 rings (SSSR count). The molecule has 2 N–H and O–H groups in total. The first-order valence-corrected chi connectivity index (χ1v) is 11.7. The van der Waals surface area contributed by atoms with Gasteiger partial charge in [0, 0.05) is 26.2 Å². The van der Waals surface area contributed by atoms with Gasteiger partial charge in [0.25, 0.3) is 0 Å². The van der Waals surface area contributed by atoms with Gasteiger partial charge >= 0.3 is 0 Å². The van der Waals surface area contributed by atoms with Crippen molar-refractivity contribution < 1.29 is 12.8 Å². The molecular formula is C22H29FN4O2S. The Morgan fingerprint density at radius 3 is 2.37 bits per heavy atom. The van der Waals surface area contributed by atoms with E-state index in [-0.39, 0.29) is 5.82 Å². The molecule has 0 unspecified atom stereocenters. The standard InChI is InChI=1S/C22H29FN4O2S/c1-2-24-22(25-16-18-8-10-20(23)11-9-18)26-17-19-12-14-27(15-13-19)30(28,29)21-6-4-3-5-7-21/h3-11,19H,2,12-17H2,1H3,(H2,24,25,26). The lowest BCUT2D eigenvalue weighted by molar-refractivity contribution is 0.273. The number of hydrogen-bond acceptors (Lipinski definition) is 3. The zero-order valence-electron chi connectivity index (χ0n) is 17.2. The van der Waals surface area contributed by atoms with Gasteiger partial charge in [-0.05, 0) is 55.5 Å². The van der Waals surface area contributed by atoms with E-state index in [0.29, 0.717) is 36.4 Å². The summed E-state index contributed by atoms with van der Waals surface area (Å²) < 4.78 is 40.1. The zero-order valence-corrected chi connectivity index (χ0v) is 18.0. The average Bonchev–Trinajstić information content (AvgIpc) is 2.77. The number of rotatable bonds is 7. The third-order valence-corrected chi connectivity index (χ3v) is 7.10. The molecule has 162 valence electrons. The molecule has 0 aliphatic carbocycles. The van der Waals surface area contributed by atoms with E-state index < -0.39 is 10.0 Å². The zero-order chi connectivity index (χ0) is 21.4. The molecule has 6 nitrogen and oxygen atoms in total. The van der Waals surface area contributed by atoms with Crippen LogP contribution >= 0.6 is 0 Å². The minimum Gasteiger partial charge on any atom is -0.357 e. The molecular weight excluding hydrogens is 403 g/mol. The summed E-state index contributed by atoms with van der Waals surface area (Å²) in [5.41, 5.74) is 0.938. The lowest BCUT2D eigenvalue weighted by Crippen LogP contribution is -2.44. The summed E-state index contributed by atoms with van der Waals surface area (Å²) in [6.07, 6.45) is 1.60. The normalized spacial score (nSPS) is 16.4. The van der Waals surface area contributed by atoms with Crippen LogP contribution in [0, 0.1) is 11.7 Å². The first-order valence-electron chi connectivity index (χ1n) is 10.3. The highest BCUT2D eigenvalue weighted by molar-refractivity contribution is 7.89. The molecule has 1 aliphatic rings. The molecule has 0 amide bonds. The van der Waals surface area contributed by atoms with E-state index in [9.17, 15) is 12.8 Å². The van der Waals surface area contributed by atoms with Crippen LogP contribution < -0.4 is 10.6 Å². The molecule has 1 heterocycles. The average molecular weight is 433 g/mol. The maximum Gasteiger partial charge on any atom is 0.243 e. The second-order valence-corrected chi connectivity index (χ2v) is 9.30. The van der Waals surface area contributed by atoms with Crippen molar-refractivity contribution >= 4 is 16.0 Å². The first kappa shape index (κ1) is 22.2. The number of sulfonamides is 1. The van der Waals surface area contributed by atoms with Crippen LogP contribution in [0.3, 0.4) is 0 Å². The second-order valence-electron chi connectivity index (χ2n) is 7.36. The topological polar surface area (TPSA) is 73.8 Å². The van der Waals surface area contributed by atoms with Gasteiger partial charge < -0.3 is 10.6 Å². The summed E-state index contributed by atoms with van der Waals surface area (Å²) in [4.78, 5) is 4.91. The van der Waals surface area contributed by atoms with Gasteiger partial charge in [-0.1, -0.05) is 30.3 Å². The Morgan fingerprint density at radius 2 is 1.73 bits per heavy atom. The minimum absolute atomic E-state index is 0.256. The molecule has 0 atom stereocenters. The Balaban J connectivity index is 1.50. The molecule has 1 fully saturated rings. The lowest BCUT2D eigenvalue weighted by atomic mass is 9.98. The smallest absolute Gasteiger partial charge is 0.243 e. The van der Waals surface area contributed by atoms with E-state index in [1.54, 1.807) is 40.7 Å². The number of guanidine groups is 1. The van der Waals surface area contributed by atoms with Crippen LogP contribution in [0.15, 0.2) is 64.5 Å². The molecule has 2 aromatic carbocycles. The highest BCUT2D eigenvalue weighted by Gasteiger charge is 2.29. The molecule has 1 aliphatic heterocycles. The fraction of sp³-hybridized carbons (Fsp3) is 0.409. The maximum atomic E-state index is 13.0. The molecule has 0 radical (unpaired) electrons. The maximum absolute atomic E-state index is 13.0. The van der Waals surface area contributed by atoms with Crippen LogP contribution in [0.2, 0.25) is 0 Å². The van der Waals surface area contributed by atoms with E-state index in [4.69, 9.17) is 0 Å². The summed E-state index contributed by atoms with van der Waals surface area (Å²) in [6.45, 7) is 4.97. The van der Waals surface area contributed by atoms with Crippen LogP contribution in [-0.4, -0.2) is 44.9 Å². The number of aliphatic imine (C=N–C) groups is 1. The predicted octanol–water partition coefficient (Wildman–Crippen LogP) is 2.98. The van der Waals surface area contributed by atoms with Crippen LogP contribution in [0.25, 0.3) is 0 Å². The Bertz CT molecular complexity index is 925. The SMILES string of the molecule is CCNC(=NCc1ccc(F)cc1)NCC1CCN(S(=O)(=O)c2ccccc2)CC1. The number of hydrogen-bond donors (Lipinski definition) is 2. The number of nitrogens with one attached hydrogen (secondary N) is 2. The molecule has 1 saturated heterocycles.